The number of carbonyl (C=O) groups is 1. The van der Waals surface area contributed by atoms with Gasteiger partial charge in [0.15, 0.2) is 9.84 Å². The van der Waals surface area contributed by atoms with Gasteiger partial charge in [0.2, 0.25) is 5.91 Å². The van der Waals surface area contributed by atoms with Crippen LogP contribution in [0.2, 0.25) is 0 Å². The molecule has 0 aromatic heterocycles. The van der Waals surface area contributed by atoms with Crippen LogP contribution < -0.4 is 5.32 Å². The number of piperidine rings is 1. The summed E-state index contributed by atoms with van der Waals surface area (Å²) >= 11 is 0. The molecule has 0 aliphatic carbocycles. The molecule has 6 nitrogen and oxygen atoms in total. The average molecular weight is 456 g/mol. The lowest BCUT2D eigenvalue weighted by Crippen LogP contribution is -2.51. The quantitative estimate of drug-likeness (QED) is 0.725. The highest BCUT2D eigenvalue weighted by atomic mass is 32.2. The third-order valence-electron chi connectivity index (χ3n) is 6.70. The van der Waals surface area contributed by atoms with Crippen LogP contribution in [0, 0.1) is 6.92 Å². The third-order valence-corrected chi connectivity index (χ3v) is 8.31. The fourth-order valence-corrected chi connectivity index (χ4v) is 5.92. The van der Waals surface area contributed by atoms with Crippen molar-refractivity contribution in [1.82, 2.24) is 15.1 Å². The number of hydrogen-bond acceptors (Lipinski definition) is 5. The van der Waals surface area contributed by atoms with Gasteiger partial charge in [0, 0.05) is 38.8 Å². The highest BCUT2D eigenvalue weighted by molar-refractivity contribution is 7.91. The first-order valence-electron chi connectivity index (χ1n) is 11.5. The van der Waals surface area contributed by atoms with Gasteiger partial charge in [-0.25, -0.2) is 8.42 Å². The zero-order valence-electron chi connectivity index (χ0n) is 18.7. The number of benzene rings is 2. The number of likely N-dealkylation sites (tertiary alicyclic amines) is 1. The van der Waals surface area contributed by atoms with E-state index in [9.17, 15) is 13.2 Å². The minimum atomic E-state index is -3.00. The molecule has 2 heterocycles. The van der Waals surface area contributed by atoms with E-state index in [1.165, 1.54) is 11.1 Å². The predicted molar refractivity (Wildman–Crippen MR) is 127 cm³/mol. The van der Waals surface area contributed by atoms with Gasteiger partial charge in [0.05, 0.1) is 11.5 Å². The summed E-state index contributed by atoms with van der Waals surface area (Å²) in [5, 5.41) is 3.27. The van der Waals surface area contributed by atoms with Crippen LogP contribution >= 0.6 is 0 Å². The van der Waals surface area contributed by atoms with Crippen molar-refractivity contribution in [2.45, 2.75) is 38.4 Å². The van der Waals surface area contributed by atoms with Gasteiger partial charge in [-0.2, -0.15) is 0 Å². The molecular formula is C25H33N3O3S. The van der Waals surface area contributed by atoms with Crippen LogP contribution in [0.15, 0.2) is 54.6 Å². The lowest BCUT2D eigenvalue weighted by atomic mass is 10.0. The molecule has 1 amide bonds. The maximum Gasteiger partial charge on any atom is 0.242 e. The van der Waals surface area contributed by atoms with Gasteiger partial charge in [0.25, 0.3) is 0 Å². The summed E-state index contributed by atoms with van der Waals surface area (Å²) in [5.41, 5.74) is 3.60. The average Bonchev–Trinajstić information content (AvgIpc) is 2.79. The molecule has 1 atom stereocenters. The van der Waals surface area contributed by atoms with Crippen molar-refractivity contribution in [3.63, 3.8) is 0 Å². The second-order valence-corrected chi connectivity index (χ2v) is 11.3. The summed E-state index contributed by atoms with van der Waals surface area (Å²) < 4.78 is 23.8. The Kier molecular flexibility index (Phi) is 7.28. The van der Waals surface area contributed by atoms with Crippen LogP contribution in [-0.2, 0) is 21.2 Å². The van der Waals surface area contributed by atoms with E-state index in [0.29, 0.717) is 13.1 Å². The first-order chi connectivity index (χ1) is 15.4. The number of sulfone groups is 1. The lowest BCUT2D eigenvalue weighted by molar-refractivity contribution is -0.127. The predicted octanol–water partition coefficient (Wildman–Crippen LogP) is 2.55. The number of amides is 1. The smallest absolute Gasteiger partial charge is 0.242 e. The van der Waals surface area contributed by atoms with Crippen LogP contribution in [0.4, 0.5) is 0 Å². The zero-order valence-corrected chi connectivity index (χ0v) is 19.6. The van der Waals surface area contributed by atoms with Crippen LogP contribution in [0.1, 0.15) is 35.6 Å². The van der Waals surface area contributed by atoms with E-state index in [0.717, 1.165) is 38.0 Å². The molecule has 4 rings (SSSR count). The minimum Gasteiger partial charge on any atom is -0.352 e. The molecule has 2 saturated heterocycles. The monoisotopic (exact) mass is 455 g/mol. The summed E-state index contributed by atoms with van der Waals surface area (Å²) in [6.45, 7) is 5.79. The van der Waals surface area contributed by atoms with Crippen LogP contribution in [0.3, 0.4) is 0 Å². The van der Waals surface area contributed by atoms with Gasteiger partial charge in [-0.15, -0.1) is 0 Å². The molecule has 2 aliphatic heterocycles. The van der Waals surface area contributed by atoms with Gasteiger partial charge in [-0.3, -0.25) is 14.6 Å². The number of hydrogen-bond donors (Lipinski definition) is 1. The van der Waals surface area contributed by atoms with Crippen molar-refractivity contribution in [2.24, 2.45) is 0 Å². The highest BCUT2D eigenvalue weighted by Gasteiger charge is 2.33. The molecule has 0 saturated carbocycles. The summed E-state index contributed by atoms with van der Waals surface area (Å²) in [6, 6.07) is 17.9. The number of aryl methyl sites for hydroxylation is 1. The Morgan fingerprint density at radius 3 is 2.25 bits per heavy atom. The van der Waals surface area contributed by atoms with E-state index in [4.69, 9.17) is 0 Å². The fourth-order valence-electron chi connectivity index (χ4n) is 4.69. The molecule has 0 bridgehead atoms. The molecule has 2 fully saturated rings. The van der Waals surface area contributed by atoms with E-state index in [-0.39, 0.29) is 23.5 Å². The van der Waals surface area contributed by atoms with Gasteiger partial charge in [-0.1, -0.05) is 54.6 Å². The van der Waals surface area contributed by atoms with Gasteiger partial charge in [0.1, 0.15) is 6.04 Å². The Bertz CT molecular complexity index is 1000. The van der Waals surface area contributed by atoms with E-state index < -0.39 is 15.9 Å². The normalized spacial score (nSPS) is 21.2. The molecule has 0 radical (unpaired) electrons. The SMILES string of the molecule is Cc1ccccc1CN1CCC(NC(=O)C(c2ccccc2)N2CCS(=O)(=O)CC2)CC1. The summed E-state index contributed by atoms with van der Waals surface area (Å²) in [4.78, 5) is 17.8. The molecule has 2 aromatic rings. The number of carbonyl (C=O) groups excluding carboxylic acids is 1. The van der Waals surface area contributed by atoms with Crippen LogP contribution in [0.25, 0.3) is 0 Å². The van der Waals surface area contributed by atoms with Crippen molar-refractivity contribution in [3.8, 4) is 0 Å². The van der Waals surface area contributed by atoms with E-state index in [2.05, 4.69) is 41.4 Å². The Morgan fingerprint density at radius 2 is 1.59 bits per heavy atom. The summed E-state index contributed by atoms with van der Waals surface area (Å²) in [6.07, 6.45) is 1.85. The molecule has 172 valence electrons. The van der Waals surface area contributed by atoms with Crippen molar-refractivity contribution in [2.75, 3.05) is 37.7 Å². The molecule has 32 heavy (non-hydrogen) atoms. The van der Waals surface area contributed by atoms with Crippen molar-refractivity contribution >= 4 is 15.7 Å². The standard InChI is InChI=1S/C25H33N3O3S/c1-20-7-5-6-10-22(20)19-27-13-11-23(12-14-27)26-25(29)24(21-8-3-2-4-9-21)28-15-17-32(30,31)18-16-28/h2-10,23-24H,11-19H2,1H3,(H,26,29). The van der Waals surface area contributed by atoms with Crippen molar-refractivity contribution in [1.29, 1.82) is 0 Å². The van der Waals surface area contributed by atoms with Crippen LogP contribution in [0.5, 0.6) is 0 Å². The second kappa shape index (κ2) is 10.1. The highest BCUT2D eigenvalue weighted by Crippen LogP contribution is 2.24. The van der Waals surface area contributed by atoms with Gasteiger partial charge in [-0.05, 0) is 36.5 Å². The van der Waals surface area contributed by atoms with E-state index in [1.807, 2.05) is 35.2 Å². The molecule has 2 aromatic carbocycles. The number of rotatable bonds is 6. The summed E-state index contributed by atoms with van der Waals surface area (Å²) in [7, 11) is -3.00. The van der Waals surface area contributed by atoms with Crippen LogP contribution in [-0.4, -0.2) is 67.9 Å². The van der Waals surface area contributed by atoms with Crippen molar-refractivity contribution in [3.05, 3.63) is 71.3 Å². The van der Waals surface area contributed by atoms with E-state index >= 15 is 0 Å². The summed E-state index contributed by atoms with van der Waals surface area (Å²) in [5.74, 6) is 0.204. The molecule has 1 unspecified atom stereocenters. The Morgan fingerprint density at radius 1 is 0.969 bits per heavy atom. The molecule has 0 spiro atoms. The van der Waals surface area contributed by atoms with Gasteiger partial charge >= 0.3 is 0 Å². The number of nitrogens with one attached hydrogen (secondary N) is 1. The van der Waals surface area contributed by atoms with E-state index in [1.54, 1.807) is 0 Å². The minimum absolute atomic E-state index is 0.0205. The topological polar surface area (TPSA) is 69.7 Å². The first kappa shape index (κ1) is 23.0. The van der Waals surface area contributed by atoms with Crippen molar-refractivity contribution < 1.29 is 13.2 Å². The largest absolute Gasteiger partial charge is 0.352 e. The Hall–Kier alpha value is -2.22. The fraction of sp³-hybridized carbons (Fsp3) is 0.480. The second-order valence-electron chi connectivity index (χ2n) is 8.99. The Labute approximate surface area is 191 Å². The molecule has 1 N–H and O–H groups in total. The maximum atomic E-state index is 13.4. The molecule has 7 heteroatoms. The maximum absolute atomic E-state index is 13.4. The number of nitrogens with zero attached hydrogens (tertiary/aromatic N) is 2. The lowest BCUT2D eigenvalue weighted by Gasteiger charge is -2.36. The van der Waals surface area contributed by atoms with Gasteiger partial charge < -0.3 is 5.32 Å². The molecule has 2 aliphatic rings. The third kappa shape index (κ3) is 5.77. The zero-order chi connectivity index (χ0) is 22.6. The Balaban J connectivity index is 1.37. The first-order valence-corrected chi connectivity index (χ1v) is 13.3. The molecular weight excluding hydrogens is 422 g/mol.